The van der Waals surface area contributed by atoms with Gasteiger partial charge in [0.05, 0.1) is 19.2 Å². The van der Waals surface area contributed by atoms with Gasteiger partial charge >= 0.3 is 0 Å². The standard InChI is InChI=1S/C19H23Cl2NO4/c1-24-18-5-3-13(9-19(18)25-2)7-8-22-11-15(23)12-26-17-6-4-14(20)10-16(17)21/h3-6,9-10,15,22-23H,7-8,11-12H2,1-2H3/t15-/m0/s1. The normalized spacial score (nSPS) is 11.9. The summed E-state index contributed by atoms with van der Waals surface area (Å²) >= 11 is 11.9. The van der Waals surface area contributed by atoms with E-state index in [1.807, 2.05) is 18.2 Å². The fourth-order valence-electron chi connectivity index (χ4n) is 2.37. The number of halogens is 2. The number of methoxy groups -OCH3 is 2. The molecule has 0 aliphatic carbocycles. The molecule has 0 amide bonds. The number of hydrogen-bond donors (Lipinski definition) is 2. The fraction of sp³-hybridized carbons (Fsp3) is 0.368. The summed E-state index contributed by atoms with van der Waals surface area (Å²) in [6, 6.07) is 10.8. The first-order chi connectivity index (χ1) is 12.5. The van der Waals surface area contributed by atoms with Crippen molar-refractivity contribution in [1.29, 1.82) is 0 Å². The van der Waals surface area contributed by atoms with Gasteiger partial charge in [-0.1, -0.05) is 29.3 Å². The molecule has 0 aliphatic rings. The lowest BCUT2D eigenvalue weighted by molar-refractivity contribution is 0.107. The van der Waals surface area contributed by atoms with Crippen molar-refractivity contribution in [2.75, 3.05) is 33.9 Å². The van der Waals surface area contributed by atoms with E-state index in [0.717, 1.165) is 12.0 Å². The van der Waals surface area contributed by atoms with Crippen LogP contribution in [0.1, 0.15) is 5.56 Å². The second-order valence-corrected chi connectivity index (χ2v) is 6.53. The Morgan fingerprint density at radius 1 is 1.00 bits per heavy atom. The summed E-state index contributed by atoms with van der Waals surface area (Å²) in [4.78, 5) is 0. The summed E-state index contributed by atoms with van der Waals surface area (Å²) in [5.74, 6) is 1.91. The molecule has 2 rings (SSSR count). The van der Waals surface area contributed by atoms with Crippen molar-refractivity contribution in [2.24, 2.45) is 0 Å². The minimum absolute atomic E-state index is 0.144. The van der Waals surface area contributed by atoms with Crippen LogP contribution in [0.25, 0.3) is 0 Å². The van der Waals surface area contributed by atoms with Gasteiger partial charge in [-0.25, -0.2) is 0 Å². The average molecular weight is 400 g/mol. The molecule has 0 unspecified atom stereocenters. The predicted octanol–water partition coefficient (Wildman–Crippen LogP) is 3.58. The number of nitrogens with one attached hydrogen (secondary N) is 1. The first-order valence-electron chi connectivity index (χ1n) is 8.21. The molecule has 0 fully saturated rings. The van der Waals surface area contributed by atoms with E-state index in [2.05, 4.69) is 5.32 Å². The van der Waals surface area contributed by atoms with E-state index < -0.39 is 6.10 Å². The SMILES string of the molecule is COc1ccc(CCNC[C@H](O)COc2ccc(Cl)cc2Cl)cc1OC. The van der Waals surface area contributed by atoms with Crippen LogP contribution >= 0.6 is 23.2 Å². The minimum Gasteiger partial charge on any atom is -0.493 e. The van der Waals surface area contributed by atoms with Crippen LogP contribution in [-0.4, -0.2) is 45.1 Å². The molecule has 5 nitrogen and oxygen atoms in total. The number of aliphatic hydroxyl groups is 1. The fourth-order valence-corrected chi connectivity index (χ4v) is 2.84. The van der Waals surface area contributed by atoms with Gasteiger partial charge in [-0.2, -0.15) is 0 Å². The minimum atomic E-state index is -0.646. The van der Waals surface area contributed by atoms with Gasteiger partial charge in [0.2, 0.25) is 0 Å². The lowest BCUT2D eigenvalue weighted by atomic mass is 10.1. The van der Waals surface area contributed by atoms with Gasteiger partial charge in [0.1, 0.15) is 18.5 Å². The van der Waals surface area contributed by atoms with Gasteiger partial charge in [0, 0.05) is 11.6 Å². The zero-order valence-electron chi connectivity index (χ0n) is 14.8. The molecule has 0 saturated carbocycles. The molecule has 0 saturated heterocycles. The molecule has 0 heterocycles. The lowest BCUT2D eigenvalue weighted by Gasteiger charge is -2.14. The molecule has 0 bridgehead atoms. The highest BCUT2D eigenvalue weighted by molar-refractivity contribution is 6.35. The molecule has 7 heteroatoms. The molecular weight excluding hydrogens is 377 g/mol. The number of aliphatic hydroxyl groups excluding tert-OH is 1. The molecule has 0 radical (unpaired) electrons. The predicted molar refractivity (Wildman–Crippen MR) is 104 cm³/mol. The van der Waals surface area contributed by atoms with Crippen molar-refractivity contribution in [3.8, 4) is 17.2 Å². The Bertz CT molecular complexity index is 712. The largest absolute Gasteiger partial charge is 0.493 e. The van der Waals surface area contributed by atoms with Crippen LogP contribution in [0.5, 0.6) is 17.2 Å². The van der Waals surface area contributed by atoms with Gasteiger partial charge in [-0.05, 0) is 48.9 Å². The summed E-state index contributed by atoms with van der Waals surface area (Å²) in [6.07, 6.45) is 0.156. The quantitative estimate of drug-likeness (QED) is 0.597. The number of ether oxygens (including phenoxy) is 3. The molecule has 1 atom stereocenters. The smallest absolute Gasteiger partial charge is 0.160 e. The average Bonchev–Trinajstić information content (AvgIpc) is 2.64. The molecule has 2 N–H and O–H groups in total. The Hall–Kier alpha value is -1.66. The Labute approximate surface area is 163 Å². The molecular formula is C19H23Cl2NO4. The van der Waals surface area contributed by atoms with Gasteiger partial charge in [0.25, 0.3) is 0 Å². The number of benzene rings is 2. The van der Waals surface area contributed by atoms with Gasteiger partial charge in [0.15, 0.2) is 11.5 Å². The third-order valence-electron chi connectivity index (χ3n) is 3.74. The van der Waals surface area contributed by atoms with E-state index in [9.17, 15) is 5.11 Å². The van der Waals surface area contributed by atoms with Crippen LogP contribution in [0.4, 0.5) is 0 Å². The van der Waals surface area contributed by atoms with Crippen LogP contribution in [0.3, 0.4) is 0 Å². The first-order valence-corrected chi connectivity index (χ1v) is 8.96. The molecule has 26 heavy (non-hydrogen) atoms. The number of hydrogen-bond acceptors (Lipinski definition) is 5. The zero-order chi connectivity index (χ0) is 18.9. The number of rotatable bonds is 10. The molecule has 142 valence electrons. The monoisotopic (exact) mass is 399 g/mol. The van der Waals surface area contributed by atoms with Crippen molar-refractivity contribution < 1.29 is 19.3 Å². The van der Waals surface area contributed by atoms with E-state index in [0.29, 0.717) is 40.4 Å². The topological polar surface area (TPSA) is 60.0 Å². The van der Waals surface area contributed by atoms with Crippen LogP contribution < -0.4 is 19.5 Å². The molecule has 0 aromatic heterocycles. The highest BCUT2D eigenvalue weighted by Gasteiger charge is 2.08. The Morgan fingerprint density at radius 2 is 1.73 bits per heavy atom. The lowest BCUT2D eigenvalue weighted by Crippen LogP contribution is -2.32. The second-order valence-electron chi connectivity index (χ2n) is 5.68. The highest BCUT2D eigenvalue weighted by atomic mass is 35.5. The van der Waals surface area contributed by atoms with Gasteiger partial charge in [-0.3, -0.25) is 0 Å². The van der Waals surface area contributed by atoms with Crippen molar-refractivity contribution in [3.05, 3.63) is 52.0 Å². The maximum absolute atomic E-state index is 10.0. The Morgan fingerprint density at radius 3 is 2.42 bits per heavy atom. The van der Waals surface area contributed by atoms with Crippen molar-refractivity contribution >= 4 is 23.2 Å². The third-order valence-corrected chi connectivity index (χ3v) is 4.27. The van der Waals surface area contributed by atoms with Crippen molar-refractivity contribution in [1.82, 2.24) is 5.32 Å². The first kappa shape index (κ1) is 20.6. The summed E-state index contributed by atoms with van der Waals surface area (Å²) in [5, 5.41) is 14.2. The van der Waals surface area contributed by atoms with E-state index >= 15 is 0 Å². The van der Waals surface area contributed by atoms with Crippen LogP contribution in [0, 0.1) is 0 Å². The molecule has 2 aromatic carbocycles. The van der Waals surface area contributed by atoms with E-state index in [1.165, 1.54) is 0 Å². The zero-order valence-corrected chi connectivity index (χ0v) is 16.3. The van der Waals surface area contributed by atoms with E-state index in [-0.39, 0.29) is 6.61 Å². The van der Waals surface area contributed by atoms with Crippen molar-refractivity contribution in [2.45, 2.75) is 12.5 Å². The Kier molecular flexibility index (Phi) is 8.32. The van der Waals surface area contributed by atoms with E-state index in [1.54, 1.807) is 32.4 Å². The maximum Gasteiger partial charge on any atom is 0.160 e. The van der Waals surface area contributed by atoms with Gasteiger partial charge < -0.3 is 24.6 Å². The second kappa shape index (κ2) is 10.5. The van der Waals surface area contributed by atoms with Crippen LogP contribution in [0.15, 0.2) is 36.4 Å². The summed E-state index contributed by atoms with van der Waals surface area (Å²) < 4.78 is 16.0. The van der Waals surface area contributed by atoms with Gasteiger partial charge in [-0.15, -0.1) is 0 Å². The van der Waals surface area contributed by atoms with Crippen LogP contribution in [-0.2, 0) is 6.42 Å². The van der Waals surface area contributed by atoms with E-state index in [4.69, 9.17) is 37.4 Å². The Balaban J connectivity index is 1.70. The van der Waals surface area contributed by atoms with Crippen molar-refractivity contribution in [3.63, 3.8) is 0 Å². The molecule has 0 spiro atoms. The third kappa shape index (κ3) is 6.25. The summed E-state index contributed by atoms with van der Waals surface area (Å²) in [6.45, 7) is 1.28. The summed E-state index contributed by atoms with van der Waals surface area (Å²) in [5.41, 5.74) is 1.12. The molecule has 0 aliphatic heterocycles. The highest BCUT2D eigenvalue weighted by Crippen LogP contribution is 2.28. The maximum atomic E-state index is 10.0. The molecule has 2 aromatic rings. The van der Waals surface area contributed by atoms with Crippen LogP contribution in [0.2, 0.25) is 10.0 Å². The summed E-state index contributed by atoms with van der Waals surface area (Å²) in [7, 11) is 3.23.